The van der Waals surface area contributed by atoms with E-state index >= 15 is 0 Å². The molecule has 0 saturated heterocycles. The van der Waals surface area contributed by atoms with E-state index in [4.69, 9.17) is 4.74 Å². The van der Waals surface area contributed by atoms with Crippen LogP contribution in [0.25, 0.3) is 0 Å². The lowest BCUT2D eigenvalue weighted by Crippen LogP contribution is -2.32. The number of carbonyl (C=O) groups excluding carboxylic acids is 2. The van der Waals surface area contributed by atoms with E-state index < -0.39 is 0 Å². The first-order chi connectivity index (χ1) is 10.5. The van der Waals surface area contributed by atoms with E-state index in [1.807, 2.05) is 20.8 Å². The molecule has 0 unspecified atom stereocenters. The monoisotopic (exact) mass is 307 g/mol. The van der Waals surface area contributed by atoms with Gasteiger partial charge in [-0.3, -0.25) is 4.79 Å². The molecular formula is C16H25N3O3. The summed E-state index contributed by atoms with van der Waals surface area (Å²) < 4.78 is 4.86. The van der Waals surface area contributed by atoms with Gasteiger partial charge in [0.15, 0.2) is 0 Å². The number of amides is 3. The molecule has 1 rings (SSSR count). The molecule has 0 aliphatic heterocycles. The molecule has 1 atom stereocenters. The summed E-state index contributed by atoms with van der Waals surface area (Å²) in [5, 5.41) is 8.34. The van der Waals surface area contributed by atoms with Gasteiger partial charge in [-0.25, -0.2) is 4.79 Å². The number of rotatable bonds is 7. The fraction of sp³-hybridized carbons (Fsp3) is 0.500. The molecule has 0 spiro atoms. The Bertz CT molecular complexity index is 517. The quantitative estimate of drug-likeness (QED) is 0.676. The number of anilines is 1. The first-order valence-electron chi connectivity index (χ1n) is 7.43. The van der Waals surface area contributed by atoms with E-state index in [0.29, 0.717) is 24.4 Å². The maximum atomic E-state index is 12.0. The Hall–Kier alpha value is -2.08. The van der Waals surface area contributed by atoms with E-state index in [0.717, 1.165) is 12.0 Å². The van der Waals surface area contributed by atoms with Crippen molar-refractivity contribution in [1.29, 1.82) is 0 Å². The van der Waals surface area contributed by atoms with Crippen LogP contribution in [0.5, 0.6) is 0 Å². The summed E-state index contributed by atoms with van der Waals surface area (Å²) in [6.45, 7) is 6.74. The van der Waals surface area contributed by atoms with Crippen LogP contribution >= 0.6 is 0 Å². The molecule has 0 saturated carbocycles. The minimum absolute atomic E-state index is 0.103. The number of methoxy groups -OCH3 is 1. The first kappa shape index (κ1) is 18.0. The normalized spacial score (nSPS) is 11.6. The Morgan fingerprint density at radius 1 is 1.32 bits per heavy atom. The average molecular weight is 307 g/mol. The van der Waals surface area contributed by atoms with Crippen molar-refractivity contribution in [3.8, 4) is 0 Å². The highest BCUT2D eigenvalue weighted by molar-refractivity contribution is 5.96. The lowest BCUT2D eigenvalue weighted by Gasteiger charge is -2.13. The van der Waals surface area contributed by atoms with Crippen LogP contribution in [-0.4, -0.2) is 38.2 Å². The van der Waals surface area contributed by atoms with Crippen molar-refractivity contribution in [2.45, 2.75) is 33.2 Å². The Balaban J connectivity index is 2.65. The van der Waals surface area contributed by atoms with Crippen LogP contribution in [0.4, 0.5) is 10.5 Å². The molecule has 1 aromatic carbocycles. The van der Waals surface area contributed by atoms with Crippen molar-refractivity contribution < 1.29 is 14.3 Å². The number of benzene rings is 1. The van der Waals surface area contributed by atoms with Crippen molar-refractivity contribution in [2.75, 3.05) is 25.6 Å². The molecule has 0 bridgehead atoms. The molecule has 0 aromatic heterocycles. The van der Waals surface area contributed by atoms with Gasteiger partial charge in [0, 0.05) is 30.9 Å². The zero-order valence-corrected chi connectivity index (χ0v) is 13.7. The third-order valence-corrected chi connectivity index (χ3v) is 3.32. The van der Waals surface area contributed by atoms with Gasteiger partial charge in [-0.1, -0.05) is 6.92 Å². The van der Waals surface area contributed by atoms with E-state index in [1.54, 1.807) is 25.3 Å². The molecule has 0 aliphatic rings. The van der Waals surface area contributed by atoms with Crippen LogP contribution in [0, 0.1) is 6.92 Å². The standard InChI is InChI=1S/C16H25N3O3/c1-5-12(3)18-15(20)13-6-7-14(11(2)10-13)19-16(21)17-8-9-22-4/h6-7,10,12H,5,8-9H2,1-4H3,(H,18,20)(H2,17,19,21)/t12-/m1/s1. The molecule has 1 aromatic rings. The van der Waals surface area contributed by atoms with Gasteiger partial charge in [-0.05, 0) is 44.0 Å². The summed E-state index contributed by atoms with van der Waals surface area (Å²) in [7, 11) is 1.58. The Morgan fingerprint density at radius 2 is 2.05 bits per heavy atom. The first-order valence-corrected chi connectivity index (χ1v) is 7.43. The molecule has 0 radical (unpaired) electrons. The third kappa shape index (κ3) is 5.73. The summed E-state index contributed by atoms with van der Waals surface area (Å²) >= 11 is 0. The van der Waals surface area contributed by atoms with Gasteiger partial charge in [0.1, 0.15) is 0 Å². The zero-order valence-electron chi connectivity index (χ0n) is 13.7. The highest BCUT2D eigenvalue weighted by atomic mass is 16.5. The number of carbonyl (C=O) groups is 2. The molecular weight excluding hydrogens is 282 g/mol. The van der Waals surface area contributed by atoms with Gasteiger partial charge in [0.25, 0.3) is 5.91 Å². The van der Waals surface area contributed by atoms with Gasteiger partial charge in [-0.15, -0.1) is 0 Å². The van der Waals surface area contributed by atoms with Crippen molar-refractivity contribution in [1.82, 2.24) is 10.6 Å². The van der Waals surface area contributed by atoms with Crippen molar-refractivity contribution in [2.24, 2.45) is 0 Å². The van der Waals surface area contributed by atoms with Crippen molar-refractivity contribution >= 4 is 17.6 Å². The number of hydrogen-bond donors (Lipinski definition) is 3. The maximum absolute atomic E-state index is 12.0. The lowest BCUT2D eigenvalue weighted by molar-refractivity contribution is 0.0939. The third-order valence-electron chi connectivity index (χ3n) is 3.32. The van der Waals surface area contributed by atoms with E-state index in [-0.39, 0.29) is 18.0 Å². The van der Waals surface area contributed by atoms with Crippen LogP contribution < -0.4 is 16.0 Å². The van der Waals surface area contributed by atoms with Gasteiger partial charge in [-0.2, -0.15) is 0 Å². The molecule has 0 aliphatic carbocycles. The Morgan fingerprint density at radius 3 is 2.64 bits per heavy atom. The minimum atomic E-state index is -0.294. The summed E-state index contributed by atoms with van der Waals surface area (Å²) in [5.41, 5.74) is 2.09. The van der Waals surface area contributed by atoms with Gasteiger partial charge < -0.3 is 20.7 Å². The number of aryl methyl sites for hydroxylation is 1. The summed E-state index contributed by atoms with van der Waals surface area (Å²) in [6, 6.07) is 5.04. The lowest BCUT2D eigenvalue weighted by atomic mass is 10.1. The van der Waals surface area contributed by atoms with Crippen LogP contribution in [0.3, 0.4) is 0 Å². The predicted molar refractivity (Wildman–Crippen MR) is 87.3 cm³/mol. The maximum Gasteiger partial charge on any atom is 0.319 e. The average Bonchev–Trinajstić information content (AvgIpc) is 2.49. The molecule has 122 valence electrons. The molecule has 3 amide bonds. The smallest absolute Gasteiger partial charge is 0.319 e. The molecule has 22 heavy (non-hydrogen) atoms. The molecule has 6 heteroatoms. The molecule has 0 heterocycles. The van der Waals surface area contributed by atoms with Gasteiger partial charge >= 0.3 is 6.03 Å². The van der Waals surface area contributed by atoms with Crippen LogP contribution in [0.1, 0.15) is 36.2 Å². The summed E-state index contributed by atoms with van der Waals surface area (Å²) in [5.74, 6) is -0.103. The molecule has 3 N–H and O–H groups in total. The SMILES string of the molecule is CC[C@@H](C)NC(=O)c1ccc(NC(=O)NCCOC)c(C)c1. The number of urea groups is 1. The Kier molecular flexibility index (Phi) is 7.39. The highest BCUT2D eigenvalue weighted by Crippen LogP contribution is 2.16. The topological polar surface area (TPSA) is 79.5 Å². The Labute approximate surface area is 131 Å². The van der Waals surface area contributed by atoms with Crippen LogP contribution in [-0.2, 0) is 4.74 Å². The summed E-state index contributed by atoms with van der Waals surface area (Å²) in [6.07, 6.45) is 0.881. The van der Waals surface area contributed by atoms with Crippen molar-refractivity contribution in [3.63, 3.8) is 0 Å². The molecule has 0 fully saturated rings. The van der Waals surface area contributed by atoms with E-state index in [9.17, 15) is 9.59 Å². The van der Waals surface area contributed by atoms with Gasteiger partial charge in [0.05, 0.1) is 6.61 Å². The summed E-state index contributed by atoms with van der Waals surface area (Å²) in [4.78, 5) is 23.7. The predicted octanol–water partition coefficient (Wildman–Crippen LogP) is 2.29. The van der Waals surface area contributed by atoms with E-state index in [2.05, 4.69) is 16.0 Å². The fourth-order valence-electron chi connectivity index (χ4n) is 1.79. The highest BCUT2D eigenvalue weighted by Gasteiger charge is 2.11. The minimum Gasteiger partial charge on any atom is -0.383 e. The molecule has 6 nitrogen and oxygen atoms in total. The largest absolute Gasteiger partial charge is 0.383 e. The van der Waals surface area contributed by atoms with Gasteiger partial charge in [0.2, 0.25) is 0 Å². The second-order valence-corrected chi connectivity index (χ2v) is 5.19. The van der Waals surface area contributed by atoms with Crippen LogP contribution in [0.15, 0.2) is 18.2 Å². The van der Waals surface area contributed by atoms with Crippen molar-refractivity contribution in [3.05, 3.63) is 29.3 Å². The fourth-order valence-corrected chi connectivity index (χ4v) is 1.79. The number of ether oxygens (including phenoxy) is 1. The number of hydrogen-bond acceptors (Lipinski definition) is 3. The number of nitrogens with one attached hydrogen (secondary N) is 3. The van der Waals surface area contributed by atoms with E-state index in [1.165, 1.54) is 0 Å². The van der Waals surface area contributed by atoms with Crippen LogP contribution in [0.2, 0.25) is 0 Å². The second-order valence-electron chi connectivity index (χ2n) is 5.19. The second kappa shape index (κ2) is 9.04. The zero-order chi connectivity index (χ0) is 16.5.